The number of hydrogen-bond donors (Lipinski definition) is 1. The van der Waals surface area contributed by atoms with E-state index in [4.69, 9.17) is 5.73 Å². The van der Waals surface area contributed by atoms with Crippen LogP contribution in [0, 0.1) is 0 Å². The molecule has 15 heavy (non-hydrogen) atoms. The molecule has 2 rings (SSSR count). The van der Waals surface area contributed by atoms with Gasteiger partial charge in [0.15, 0.2) is 9.84 Å². The number of carbonyl (C=O) groups excluding carboxylic acids is 1. The third-order valence-corrected chi connectivity index (χ3v) is 4.87. The van der Waals surface area contributed by atoms with Gasteiger partial charge in [0.05, 0.1) is 11.5 Å². The molecule has 0 bridgehead atoms. The summed E-state index contributed by atoms with van der Waals surface area (Å²) in [6, 6.07) is -0.257. The molecule has 0 aromatic carbocycles. The third-order valence-electron chi connectivity index (χ3n) is 3.07. The van der Waals surface area contributed by atoms with Crippen LogP contribution in [0.1, 0.15) is 19.3 Å². The van der Waals surface area contributed by atoms with Crippen molar-refractivity contribution in [3.63, 3.8) is 0 Å². The Morgan fingerprint density at radius 3 is 2.67 bits per heavy atom. The molecule has 86 valence electrons. The summed E-state index contributed by atoms with van der Waals surface area (Å²) in [5.74, 6) is 0.382. The highest BCUT2D eigenvalue weighted by Crippen LogP contribution is 2.22. The minimum atomic E-state index is -2.94. The zero-order valence-electron chi connectivity index (χ0n) is 8.55. The average molecular weight is 232 g/mol. The topological polar surface area (TPSA) is 80.5 Å². The van der Waals surface area contributed by atoms with E-state index in [2.05, 4.69) is 0 Å². The molecule has 0 spiro atoms. The normalized spacial score (nSPS) is 35.8. The molecule has 2 saturated heterocycles. The van der Waals surface area contributed by atoms with E-state index in [-0.39, 0.29) is 29.5 Å². The van der Waals surface area contributed by atoms with Crippen LogP contribution in [0.4, 0.5) is 0 Å². The largest absolute Gasteiger partial charge is 0.337 e. The summed E-state index contributed by atoms with van der Waals surface area (Å²) < 4.78 is 22.9. The monoisotopic (exact) mass is 232 g/mol. The molecule has 2 unspecified atom stereocenters. The van der Waals surface area contributed by atoms with Crippen LogP contribution in [0.2, 0.25) is 0 Å². The molecule has 2 N–H and O–H groups in total. The highest BCUT2D eigenvalue weighted by Gasteiger charge is 2.36. The SMILES string of the molecule is NC1CC(=O)N(C2CCCS(=O)(=O)C2)C1. The number of carbonyl (C=O) groups is 1. The summed E-state index contributed by atoms with van der Waals surface area (Å²) in [5.41, 5.74) is 5.68. The standard InChI is InChI=1S/C9H16N2O3S/c10-7-4-9(12)11(5-7)8-2-1-3-15(13,14)6-8/h7-8H,1-6,10H2. The van der Waals surface area contributed by atoms with E-state index in [0.717, 1.165) is 6.42 Å². The van der Waals surface area contributed by atoms with Crippen molar-refractivity contribution >= 4 is 15.7 Å². The van der Waals surface area contributed by atoms with E-state index in [1.54, 1.807) is 4.90 Å². The number of sulfone groups is 1. The summed E-state index contributed by atoms with van der Waals surface area (Å²) >= 11 is 0. The molecule has 1 amide bonds. The van der Waals surface area contributed by atoms with Gasteiger partial charge in [0.1, 0.15) is 0 Å². The maximum Gasteiger partial charge on any atom is 0.224 e. The molecule has 0 aliphatic carbocycles. The van der Waals surface area contributed by atoms with Crippen LogP contribution in [-0.2, 0) is 14.6 Å². The van der Waals surface area contributed by atoms with Crippen molar-refractivity contribution in [3.05, 3.63) is 0 Å². The van der Waals surface area contributed by atoms with Gasteiger partial charge in [-0.25, -0.2) is 8.42 Å². The molecule has 5 nitrogen and oxygen atoms in total. The first kappa shape index (κ1) is 10.9. The molecule has 2 heterocycles. The van der Waals surface area contributed by atoms with Gasteiger partial charge in [0.2, 0.25) is 5.91 Å². The number of nitrogens with two attached hydrogens (primary N) is 1. The number of amides is 1. The first-order valence-corrected chi connectivity index (χ1v) is 7.05. The van der Waals surface area contributed by atoms with Gasteiger partial charge < -0.3 is 10.6 Å². The van der Waals surface area contributed by atoms with Gasteiger partial charge >= 0.3 is 0 Å². The Kier molecular flexibility index (Phi) is 2.72. The maximum absolute atomic E-state index is 11.5. The van der Waals surface area contributed by atoms with Crippen LogP contribution in [0.25, 0.3) is 0 Å². The molecular weight excluding hydrogens is 216 g/mol. The van der Waals surface area contributed by atoms with Crippen LogP contribution in [0.15, 0.2) is 0 Å². The summed E-state index contributed by atoms with van der Waals surface area (Å²) in [6.07, 6.45) is 1.81. The van der Waals surface area contributed by atoms with Gasteiger partial charge in [-0.05, 0) is 12.8 Å². The zero-order chi connectivity index (χ0) is 11.1. The van der Waals surface area contributed by atoms with Crippen molar-refractivity contribution in [1.82, 2.24) is 4.90 Å². The zero-order valence-corrected chi connectivity index (χ0v) is 9.37. The van der Waals surface area contributed by atoms with Gasteiger partial charge in [-0.3, -0.25) is 4.79 Å². The molecule has 0 radical (unpaired) electrons. The molecule has 0 saturated carbocycles. The Bertz CT molecular complexity index is 366. The van der Waals surface area contributed by atoms with Gasteiger partial charge in [-0.2, -0.15) is 0 Å². The van der Waals surface area contributed by atoms with Crippen LogP contribution in [-0.4, -0.2) is 49.4 Å². The molecule has 2 aliphatic heterocycles. The van der Waals surface area contributed by atoms with Crippen molar-refractivity contribution in [2.75, 3.05) is 18.1 Å². The van der Waals surface area contributed by atoms with Crippen molar-refractivity contribution in [2.24, 2.45) is 5.73 Å². The third kappa shape index (κ3) is 2.31. The number of nitrogens with zero attached hydrogens (tertiary/aromatic N) is 1. The van der Waals surface area contributed by atoms with E-state index in [0.29, 0.717) is 19.4 Å². The molecule has 0 aromatic heterocycles. The van der Waals surface area contributed by atoms with Gasteiger partial charge in [0, 0.05) is 25.0 Å². The van der Waals surface area contributed by atoms with Gasteiger partial charge in [-0.1, -0.05) is 0 Å². The number of rotatable bonds is 1. The smallest absolute Gasteiger partial charge is 0.224 e. The van der Waals surface area contributed by atoms with Crippen molar-refractivity contribution in [3.8, 4) is 0 Å². The highest BCUT2D eigenvalue weighted by atomic mass is 32.2. The van der Waals surface area contributed by atoms with Gasteiger partial charge in [-0.15, -0.1) is 0 Å². The molecular formula is C9H16N2O3S. The Morgan fingerprint density at radius 2 is 2.13 bits per heavy atom. The van der Waals surface area contributed by atoms with Crippen molar-refractivity contribution < 1.29 is 13.2 Å². The summed E-state index contributed by atoms with van der Waals surface area (Å²) in [5, 5.41) is 0. The van der Waals surface area contributed by atoms with Gasteiger partial charge in [0.25, 0.3) is 0 Å². The molecule has 2 atom stereocenters. The lowest BCUT2D eigenvalue weighted by Crippen LogP contribution is -2.45. The minimum absolute atomic E-state index is 0.00426. The van der Waals surface area contributed by atoms with E-state index >= 15 is 0 Å². The molecule has 2 aliphatic rings. The second-order valence-corrected chi connectivity index (χ2v) is 6.65. The fraction of sp³-hybridized carbons (Fsp3) is 0.889. The predicted octanol–water partition coefficient (Wildman–Crippen LogP) is -0.877. The number of likely N-dealkylation sites (tertiary alicyclic amines) is 1. The lowest BCUT2D eigenvalue weighted by atomic mass is 10.1. The van der Waals surface area contributed by atoms with E-state index in [1.165, 1.54) is 0 Å². The lowest BCUT2D eigenvalue weighted by molar-refractivity contribution is -0.129. The van der Waals surface area contributed by atoms with E-state index < -0.39 is 9.84 Å². The van der Waals surface area contributed by atoms with Crippen LogP contribution >= 0.6 is 0 Å². The molecule has 6 heteroatoms. The highest BCUT2D eigenvalue weighted by molar-refractivity contribution is 7.91. The van der Waals surface area contributed by atoms with Crippen LogP contribution < -0.4 is 5.73 Å². The Morgan fingerprint density at radius 1 is 1.40 bits per heavy atom. The Labute approximate surface area is 89.5 Å². The Balaban J connectivity index is 2.08. The second kappa shape index (κ2) is 3.75. The first-order valence-electron chi connectivity index (χ1n) is 5.23. The predicted molar refractivity (Wildman–Crippen MR) is 56.0 cm³/mol. The maximum atomic E-state index is 11.5. The summed E-state index contributed by atoms with van der Waals surface area (Å²) in [6.45, 7) is 0.513. The molecule has 0 aromatic rings. The minimum Gasteiger partial charge on any atom is -0.337 e. The van der Waals surface area contributed by atoms with Crippen LogP contribution in [0.5, 0.6) is 0 Å². The summed E-state index contributed by atoms with van der Waals surface area (Å²) in [4.78, 5) is 13.2. The lowest BCUT2D eigenvalue weighted by Gasteiger charge is -2.30. The quantitative estimate of drug-likeness (QED) is 0.637. The van der Waals surface area contributed by atoms with E-state index in [1.807, 2.05) is 0 Å². The average Bonchev–Trinajstić information content (AvgIpc) is 2.43. The summed E-state index contributed by atoms with van der Waals surface area (Å²) in [7, 11) is -2.94. The van der Waals surface area contributed by atoms with Crippen molar-refractivity contribution in [2.45, 2.75) is 31.3 Å². The van der Waals surface area contributed by atoms with E-state index in [9.17, 15) is 13.2 Å². The van der Waals surface area contributed by atoms with Crippen molar-refractivity contribution in [1.29, 1.82) is 0 Å². The van der Waals surface area contributed by atoms with Crippen LogP contribution in [0.3, 0.4) is 0 Å². The fourth-order valence-electron chi connectivity index (χ4n) is 2.36. The molecule has 2 fully saturated rings. The second-order valence-electron chi connectivity index (χ2n) is 4.42. The fourth-order valence-corrected chi connectivity index (χ4v) is 4.06. The Hall–Kier alpha value is -0.620. The number of hydrogen-bond acceptors (Lipinski definition) is 4. The first-order chi connectivity index (χ1) is 6.98.